The number of nitriles is 1. The summed E-state index contributed by atoms with van der Waals surface area (Å²) in [4.78, 5) is 16.2. The van der Waals surface area contributed by atoms with Crippen LogP contribution in [0.25, 0.3) is 0 Å². The van der Waals surface area contributed by atoms with E-state index in [1.807, 2.05) is 13.0 Å². The standard InChI is InChI=1S/C15H12N2O2S/c1-9-3-6-12(7-13(9)15(18)19)20-14-11(8-16)5-4-10(2)17-14/h3-7H,1-2H3,(H,18,19). The molecule has 5 heteroatoms. The first-order valence-corrected chi connectivity index (χ1v) is 6.72. The summed E-state index contributed by atoms with van der Waals surface area (Å²) in [5.41, 5.74) is 2.27. The first kappa shape index (κ1) is 14.1. The van der Waals surface area contributed by atoms with Crippen LogP contribution in [-0.2, 0) is 0 Å². The largest absolute Gasteiger partial charge is 0.478 e. The van der Waals surface area contributed by atoms with Gasteiger partial charge in [-0.15, -0.1) is 0 Å². The lowest BCUT2D eigenvalue weighted by atomic mass is 10.1. The third-order valence-corrected chi connectivity index (χ3v) is 3.77. The summed E-state index contributed by atoms with van der Waals surface area (Å²) in [6.45, 7) is 3.60. The van der Waals surface area contributed by atoms with E-state index in [9.17, 15) is 4.79 Å². The van der Waals surface area contributed by atoms with E-state index in [-0.39, 0.29) is 5.56 Å². The fourth-order valence-corrected chi connectivity index (χ4v) is 2.65. The van der Waals surface area contributed by atoms with Gasteiger partial charge in [-0.1, -0.05) is 17.8 Å². The van der Waals surface area contributed by atoms with Crippen LogP contribution in [0.15, 0.2) is 40.3 Å². The van der Waals surface area contributed by atoms with Crippen molar-refractivity contribution in [2.24, 2.45) is 0 Å². The summed E-state index contributed by atoms with van der Waals surface area (Å²) in [5, 5.41) is 18.8. The van der Waals surface area contributed by atoms with Crippen molar-refractivity contribution < 1.29 is 9.90 Å². The van der Waals surface area contributed by atoms with Gasteiger partial charge in [0, 0.05) is 10.6 Å². The van der Waals surface area contributed by atoms with Gasteiger partial charge in [-0.25, -0.2) is 9.78 Å². The number of pyridine rings is 1. The molecule has 0 atom stereocenters. The lowest BCUT2D eigenvalue weighted by Crippen LogP contribution is -1.99. The number of aromatic carboxylic acids is 1. The van der Waals surface area contributed by atoms with Gasteiger partial charge in [0.05, 0.1) is 11.1 Å². The molecule has 0 radical (unpaired) electrons. The maximum absolute atomic E-state index is 11.1. The Labute approximate surface area is 121 Å². The Morgan fingerprint density at radius 3 is 2.70 bits per heavy atom. The number of carboxylic acids is 1. The number of rotatable bonds is 3. The number of benzene rings is 1. The summed E-state index contributed by atoms with van der Waals surface area (Å²) in [7, 11) is 0. The average Bonchev–Trinajstić information content (AvgIpc) is 2.41. The second-order valence-corrected chi connectivity index (χ2v) is 5.36. The molecule has 0 aliphatic rings. The van der Waals surface area contributed by atoms with Crippen molar-refractivity contribution in [2.45, 2.75) is 23.8 Å². The number of aromatic nitrogens is 1. The van der Waals surface area contributed by atoms with Crippen LogP contribution in [0.4, 0.5) is 0 Å². The molecule has 0 amide bonds. The molecule has 0 spiro atoms. The van der Waals surface area contributed by atoms with Crippen molar-refractivity contribution in [3.8, 4) is 6.07 Å². The molecule has 0 aliphatic heterocycles. The monoisotopic (exact) mass is 284 g/mol. The van der Waals surface area contributed by atoms with E-state index >= 15 is 0 Å². The highest BCUT2D eigenvalue weighted by Crippen LogP contribution is 2.30. The number of carboxylic acid groups (broad SMARTS) is 1. The Kier molecular flexibility index (Phi) is 4.06. The SMILES string of the molecule is Cc1ccc(C#N)c(Sc2ccc(C)c(C(=O)O)c2)n1. The molecule has 1 N–H and O–H groups in total. The van der Waals surface area contributed by atoms with Crippen molar-refractivity contribution in [3.63, 3.8) is 0 Å². The number of carbonyl (C=O) groups is 1. The van der Waals surface area contributed by atoms with E-state index in [2.05, 4.69) is 11.1 Å². The number of aryl methyl sites for hydroxylation is 2. The molecule has 2 rings (SSSR count). The predicted molar refractivity (Wildman–Crippen MR) is 76.0 cm³/mol. The summed E-state index contributed by atoms with van der Waals surface area (Å²) >= 11 is 1.30. The van der Waals surface area contributed by atoms with E-state index in [1.165, 1.54) is 11.8 Å². The predicted octanol–water partition coefficient (Wildman–Crippen LogP) is 3.42. The van der Waals surface area contributed by atoms with E-state index in [0.29, 0.717) is 16.2 Å². The molecule has 0 bridgehead atoms. The minimum atomic E-state index is -0.956. The lowest BCUT2D eigenvalue weighted by molar-refractivity contribution is 0.0696. The summed E-state index contributed by atoms with van der Waals surface area (Å²) < 4.78 is 0. The Morgan fingerprint density at radius 1 is 1.30 bits per heavy atom. The zero-order valence-electron chi connectivity index (χ0n) is 11.0. The quantitative estimate of drug-likeness (QED) is 0.934. The maximum atomic E-state index is 11.1. The molecule has 4 nitrogen and oxygen atoms in total. The topological polar surface area (TPSA) is 74.0 Å². The molecule has 0 saturated heterocycles. The summed E-state index contributed by atoms with van der Waals surface area (Å²) in [6.07, 6.45) is 0. The molecule has 2 aromatic rings. The van der Waals surface area contributed by atoms with Crippen molar-refractivity contribution >= 4 is 17.7 Å². The van der Waals surface area contributed by atoms with Gasteiger partial charge in [-0.3, -0.25) is 0 Å². The molecule has 1 aromatic heterocycles. The third kappa shape index (κ3) is 2.98. The summed E-state index contributed by atoms with van der Waals surface area (Å²) in [6, 6.07) is 10.8. The third-order valence-electron chi connectivity index (χ3n) is 2.77. The highest BCUT2D eigenvalue weighted by molar-refractivity contribution is 7.99. The van der Waals surface area contributed by atoms with Gasteiger partial charge in [0.25, 0.3) is 0 Å². The van der Waals surface area contributed by atoms with Crippen LogP contribution in [0.2, 0.25) is 0 Å². The highest BCUT2D eigenvalue weighted by atomic mass is 32.2. The molecule has 0 aliphatic carbocycles. The van der Waals surface area contributed by atoms with E-state index in [4.69, 9.17) is 10.4 Å². The molecule has 20 heavy (non-hydrogen) atoms. The number of hydrogen-bond acceptors (Lipinski definition) is 4. The van der Waals surface area contributed by atoms with Crippen molar-refractivity contribution in [2.75, 3.05) is 0 Å². The zero-order valence-corrected chi connectivity index (χ0v) is 11.9. The Balaban J connectivity index is 2.40. The number of hydrogen-bond donors (Lipinski definition) is 1. The van der Waals surface area contributed by atoms with Crippen molar-refractivity contribution in [3.05, 3.63) is 52.7 Å². The van der Waals surface area contributed by atoms with Crippen LogP contribution in [0.5, 0.6) is 0 Å². The minimum Gasteiger partial charge on any atom is -0.478 e. The zero-order chi connectivity index (χ0) is 14.7. The van der Waals surface area contributed by atoms with Crippen LogP contribution >= 0.6 is 11.8 Å². The fraction of sp³-hybridized carbons (Fsp3) is 0.133. The molecule has 100 valence electrons. The molecule has 0 fully saturated rings. The Hall–Kier alpha value is -2.32. The maximum Gasteiger partial charge on any atom is 0.335 e. The van der Waals surface area contributed by atoms with Gasteiger partial charge in [0.1, 0.15) is 11.1 Å². The second kappa shape index (κ2) is 5.76. The lowest BCUT2D eigenvalue weighted by Gasteiger charge is -2.07. The minimum absolute atomic E-state index is 0.265. The van der Waals surface area contributed by atoms with Crippen molar-refractivity contribution in [1.29, 1.82) is 5.26 Å². The molecular formula is C15H12N2O2S. The Morgan fingerprint density at radius 2 is 2.05 bits per heavy atom. The van der Waals surface area contributed by atoms with E-state index < -0.39 is 5.97 Å². The average molecular weight is 284 g/mol. The highest BCUT2D eigenvalue weighted by Gasteiger charge is 2.11. The van der Waals surface area contributed by atoms with E-state index in [1.54, 1.807) is 31.2 Å². The smallest absolute Gasteiger partial charge is 0.335 e. The molecule has 1 heterocycles. The van der Waals surface area contributed by atoms with Crippen LogP contribution in [0, 0.1) is 25.2 Å². The summed E-state index contributed by atoms with van der Waals surface area (Å²) in [5.74, 6) is -0.956. The van der Waals surface area contributed by atoms with Crippen LogP contribution in [0.3, 0.4) is 0 Å². The molecule has 1 aromatic carbocycles. The molecular weight excluding hydrogens is 272 g/mol. The Bertz CT molecular complexity index is 720. The fourth-order valence-electron chi connectivity index (χ4n) is 1.70. The second-order valence-electron chi connectivity index (χ2n) is 4.30. The van der Waals surface area contributed by atoms with Crippen molar-refractivity contribution in [1.82, 2.24) is 4.98 Å². The van der Waals surface area contributed by atoms with Gasteiger partial charge in [-0.05, 0) is 43.7 Å². The first-order valence-electron chi connectivity index (χ1n) is 5.91. The molecule has 0 unspecified atom stereocenters. The van der Waals surface area contributed by atoms with Gasteiger partial charge >= 0.3 is 5.97 Å². The van der Waals surface area contributed by atoms with Gasteiger partial charge in [-0.2, -0.15) is 5.26 Å². The van der Waals surface area contributed by atoms with Crippen LogP contribution in [0.1, 0.15) is 27.2 Å². The van der Waals surface area contributed by atoms with Gasteiger partial charge in [0.2, 0.25) is 0 Å². The normalized spacial score (nSPS) is 10.1. The number of nitrogens with zero attached hydrogens (tertiary/aromatic N) is 2. The molecule has 0 saturated carbocycles. The van der Waals surface area contributed by atoms with Gasteiger partial charge < -0.3 is 5.11 Å². The van der Waals surface area contributed by atoms with Crippen LogP contribution in [-0.4, -0.2) is 16.1 Å². The first-order chi connectivity index (χ1) is 9.51. The van der Waals surface area contributed by atoms with Gasteiger partial charge in [0.15, 0.2) is 0 Å². The van der Waals surface area contributed by atoms with E-state index in [0.717, 1.165) is 10.6 Å². The van der Waals surface area contributed by atoms with Crippen LogP contribution < -0.4 is 0 Å².